The monoisotopic (exact) mass is 313 g/mol. The summed E-state index contributed by atoms with van der Waals surface area (Å²) >= 11 is 3.33. The Morgan fingerprint density at radius 2 is 1.94 bits per heavy atom. The van der Waals surface area contributed by atoms with E-state index in [9.17, 15) is 9.59 Å². The molecule has 0 aromatic heterocycles. The summed E-state index contributed by atoms with van der Waals surface area (Å²) in [4.78, 5) is 24.8. The highest BCUT2D eigenvalue weighted by Gasteiger charge is 2.21. The number of benzene rings is 1. The van der Waals surface area contributed by atoms with Crippen LogP contribution in [0, 0.1) is 0 Å². The molecule has 0 saturated carbocycles. The van der Waals surface area contributed by atoms with E-state index >= 15 is 0 Å². The smallest absolute Gasteiger partial charge is 0.335 e. The van der Waals surface area contributed by atoms with Gasteiger partial charge in [0, 0.05) is 25.0 Å². The summed E-state index contributed by atoms with van der Waals surface area (Å²) in [5.41, 5.74) is 2.11. The first-order chi connectivity index (χ1) is 8.43. The number of aromatic carboxylic acids is 1. The van der Waals surface area contributed by atoms with Gasteiger partial charge in [-0.2, -0.15) is 0 Å². The van der Waals surface area contributed by atoms with Crippen molar-refractivity contribution in [2.45, 2.75) is 18.7 Å². The van der Waals surface area contributed by atoms with Crippen LogP contribution in [0.25, 0.3) is 0 Å². The summed E-state index contributed by atoms with van der Waals surface area (Å²) in [6, 6.07) is 3.25. The highest BCUT2D eigenvalue weighted by atomic mass is 79.9. The van der Waals surface area contributed by atoms with Crippen LogP contribution in [0.15, 0.2) is 12.1 Å². The number of carboxylic acid groups (broad SMARTS) is 1. The molecule has 18 heavy (non-hydrogen) atoms. The Kier molecular flexibility index (Phi) is 4.90. The zero-order chi connectivity index (χ0) is 13.9. The van der Waals surface area contributed by atoms with Gasteiger partial charge in [-0.1, -0.05) is 28.9 Å². The van der Waals surface area contributed by atoms with Gasteiger partial charge in [-0.05, 0) is 23.6 Å². The summed E-state index contributed by atoms with van der Waals surface area (Å²) < 4.78 is 0. The van der Waals surface area contributed by atoms with Gasteiger partial charge in [-0.15, -0.1) is 0 Å². The topological polar surface area (TPSA) is 57.6 Å². The minimum Gasteiger partial charge on any atom is -0.478 e. The van der Waals surface area contributed by atoms with Crippen LogP contribution >= 0.6 is 15.9 Å². The fraction of sp³-hybridized carbons (Fsp3) is 0.385. The highest BCUT2D eigenvalue weighted by Crippen LogP contribution is 2.23. The number of hydrogen-bond donors (Lipinski definition) is 1. The first-order valence-electron chi connectivity index (χ1n) is 5.59. The van der Waals surface area contributed by atoms with Gasteiger partial charge >= 0.3 is 5.97 Å². The summed E-state index contributed by atoms with van der Waals surface area (Å²) in [5, 5.41) is 9.69. The number of amides is 1. The third kappa shape index (κ3) is 2.72. The van der Waals surface area contributed by atoms with Crippen molar-refractivity contribution in [2.75, 3.05) is 14.1 Å². The van der Waals surface area contributed by atoms with E-state index < -0.39 is 5.97 Å². The Labute approximate surface area is 115 Å². The molecule has 1 aromatic rings. The van der Waals surface area contributed by atoms with Crippen LogP contribution < -0.4 is 0 Å². The standard InChI is InChI=1S/C13H16BrNO3/c1-4-9-10(13(17)18)6-5-8(7-14)11(9)12(16)15(2)3/h5-6H,4,7H2,1-3H3,(H,17,18). The van der Waals surface area contributed by atoms with Crippen LogP contribution in [-0.2, 0) is 11.8 Å². The zero-order valence-corrected chi connectivity index (χ0v) is 12.2. The van der Waals surface area contributed by atoms with Gasteiger partial charge in [0.25, 0.3) is 5.91 Å². The number of nitrogens with zero attached hydrogens (tertiary/aromatic N) is 1. The summed E-state index contributed by atoms with van der Waals surface area (Å²) in [6.45, 7) is 1.85. The summed E-state index contributed by atoms with van der Waals surface area (Å²) in [7, 11) is 3.32. The molecule has 1 N–H and O–H groups in total. The van der Waals surface area contributed by atoms with Crippen LogP contribution in [0.4, 0.5) is 0 Å². The van der Waals surface area contributed by atoms with Crippen molar-refractivity contribution in [1.29, 1.82) is 0 Å². The van der Waals surface area contributed by atoms with Crippen LogP contribution in [-0.4, -0.2) is 36.0 Å². The highest BCUT2D eigenvalue weighted by molar-refractivity contribution is 9.08. The molecule has 0 unspecified atom stereocenters. The van der Waals surface area contributed by atoms with Gasteiger partial charge in [0.2, 0.25) is 0 Å². The van der Waals surface area contributed by atoms with Gasteiger partial charge in [-0.3, -0.25) is 4.79 Å². The molecule has 0 radical (unpaired) electrons. The Morgan fingerprint density at radius 3 is 2.33 bits per heavy atom. The van der Waals surface area contributed by atoms with E-state index in [2.05, 4.69) is 15.9 Å². The van der Waals surface area contributed by atoms with Crippen molar-refractivity contribution in [3.63, 3.8) is 0 Å². The minimum atomic E-state index is -0.999. The number of halogens is 1. The molecule has 0 aliphatic rings. The fourth-order valence-corrected chi connectivity index (χ4v) is 2.33. The van der Waals surface area contributed by atoms with Gasteiger partial charge < -0.3 is 10.0 Å². The number of rotatable bonds is 4. The quantitative estimate of drug-likeness (QED) is 0.869. The number of alkyl halides is 1. The zero-order valence-electron chi connectivity index (χ0n) is 10.7. The fourth-order valence-electron chi connectivity index (χ4n) is 1.87. The third-order valence-electron chi connectivity index (χ3n) is 2.75. The number of hydrogen-bond acceptors (Lipinski definition) is 2. The Hall–Kier alpha value is -1.36. The average molecular weight is 314 g/mol. The molecule has 98 valence electrons. The molecule has 0 aliphatic carbocycles. The number of carbonyl (C=O) groups excluding carboxylic acids is 1. The lowest BCUT2D eigenvalue weighted by molar-refractivity contribution is 0.0695. The minimum absolute atomic E-state index is 0.163. The summed E-state index contributed by atoms with van der Waals surface area (Å²) in [5.74, 6) is -1.16. The molecule has 0 saturated heterocycles. The van der Waals surface area contributed by atoms with Crippen LogP contribution in [0.5, 0.6) is 0 Å². The molecular formula is C13H16BrNO3. The Morgan fingerprint density at radius 1 is 1.33 bits per heavy atom. The molecule has 0 atom stereocenters. The van der Waals surface area contributed by atoms with Gasteiger partial charge in [0.15, 0.2) is 0 Å². The second kappa shape index (κ2) is 6.00. The second-order valence-corrected chi connectivity index (χ2v) is 4.68. The van der Waals surface area contributed by atoms with Crippen molar-refractivity contribution in [2.24, 2.45) is 0 Å². The van der Waals surface area contributed by atoms with Crippen molar-refractivity contribution in [3.05, 3.63) is 34.4 Å². The van der Waals surface area contributed by atoms with Crippen LogP contribution in [0.2, 0.25) is 0 Å². The normalized spacial score (nSPS) is 10.2. The van der Waals surface area contributed by atoms with Crippen molar-refractivity contribution < 1.29 is 14.7 Å². The van der Waals surface area contributed by atoms with E-state index in [0.717, 1.165) is 5.56 Å². The maximum atomic E-state index is 12.2. The largest absolute Gasteiger partial charge is 0.478 e. The molecule has 0 heterocycles. The molecule has 0 spiro atoms. The van der Waals surface area contributed by atoms with E-state index in [1.807, 2.05) is 6.92 Å². The van der Waals surface area contributed by atoms with E-state index in [1.54, 1.807) is 26.2 Å². The Bertz CT molecular complexity index is 483. The van der Waals surface area contributed by atoms with Gasteiger partial charge in [0.1, 0.15) is 0 Å². The Balaban J connectivity index is 3.56. The van der Waals surface area contributed by atoms with E-state index in [0.29, 0.717) is 22.9 Å². The lowest BCUT2D eigenvalue weighted by atomic mass is 9.94. The molecule has 0 bridgehead atoms. The molecule has 1 aromatic carbocycles. The molecular weight excluding hydrogens is 298 g/mol. The van der Waals surface area contributed by atoms with Crippen LogP contribution in [0.3, 0.4) is 0 Å². The third-order valence-corrected chi connectivity index (χ3v) is 3.35. The predicted molar refractivity (Wildman–Crippen MR) is 73.4 cm³/mol. The lowest BCUT2D eigenvalue weighted by Crippen LogP contribution is -2.25. The predicted octanol–water partition coefficient (Wildman–Crippen LogP) is 2.54. The number of carbonyl (C=O) groups is 2. The molecule has 5 heteroatoms. The maximum absolute atomic E-state index is 12.2. The summed E-state index contributed by atoms with van der Waals surface area (Å²) in [6.07, 6.45) is 0.511. The SMILES string of the molecule is CCc1c(C(=O)O)ccc(CBr)c1C(=O)N(C)C. The lowest BCUT2D eigenvalue weighted by Gasteiger charge is -2.18. The molecule has 4 nitrogen and oxygen atoms in total. The first-order valence-corrected chi connectivity index (χ1v) is 6.71. The molecule has 1 rings (SSSR count). The maximum Gasteiger partial charge on any atom is 0.335 e. The van der Waals surface area contributed by atoms with Crippen molar-refractivity contribution >= 4 is 27.8 Å². The molecule has 0 aliphatic heterocycles. The van der Waals surface area contributed by atoms with E-state index in [4.69, 9.17) is 5.11 Å². The van der Waals surface area contributed by atoms with Crippen molar-refractivity contribution in [1.82, 2.24) is 4.90 Å². The van der Waals surface area contributed by atoms with Crippen molar-refractivity contribution in [3.8, 4) is 0 Å². The number of carboxylic acids is 1. The molecule has 1 amide bonds. The van der Waals surface area contributed by atoms with Gasteiger partial charge in [0.05, 0.1) is 5.56 Å². The second-order valence-electron chi connectivity index (χ2n) is 4.12. The molecule has 0 fully saturated rings. The van der Waals surface area contributed by atoms with Gasteiger partial charge in [-0.25, -0.2) is 4.79 Å². The van der Waals surface area contributed by atoms with E-state index in [-0.39, 0.29) is 11.5 Å². The first kappa shape index (κ1) is 14.7. The van der Waals surface area contributed by atoms with E-state index in [1.165, 1.54) is 4.90 Å². The average Bonchev–Trinajstić information content (AvgIpc) is 2.35. The van der Waals surface area contributed by atoms with Crippen LogP contribution in [0.1, 0.15) is 38.8 Å².